The molecule has 0 unspecified atom stereocenters. The first-order valence-electron chi connectivity index (χ1n) is 10.8. The van der Waals surface area contributed by atoms with Crippen LogP contribution in [0, 0.1) is 0 Å². The average Bonchev–Trinajstić information content (AvgIpc) is 3.33. The zero-order valence-corrected chi connectivity index (χ0v) is 18.7. The van der Waals surface area contributed by atoms with Gasteiger partial charge in [0.2, 0.25) is 0 Å². The summed E-state index contributed by atoms with van der Waals surface area (Å²) < 4.78 is 11.2. The van der Waals surface area contributed by atoms with E-state index in [0.717, 1.165) is 27.7 Å². The summed E-state index contributed by atoms with van der Waals surface area (Å²) in [7, 11) is 1.57. The molecule has 4 aromatic rings. The Labute approximate surface area is 197 Å². The number of carbonyl (C=O) groups excluding carboxylic acids is 2. The maximum atomic E-state index is 12.3. The molecule has 2 aromatic heterocycles. The molecule has 2 aromatic carbocycles. The maximum absolute atomic E-state index is 12.3. The molecule has 0 aliphatic carbocycles. The minimum absolute atomic E-state index is 0.197. The van der Waals surface area contributed by atoms with Gasteiger partial charge in [0.25, 0.3) is 0 Å². The molecule has 6 heteroatoms. The van der Waals surface area contributed by atoms with Crippen LogP contribution >= 0.6 is 0 Å². The Kier molecular flexibility index (Phi) is 7.30. The van der Waals surface area contributed by atoms with Crippen LogP contribution in [-0.4, -0.2) is 28.6 Å². The predicted molar refractivity (Wildman–Crippen MR) is 133 cm³/mol. The zero-order valence-electron chi connectivity index (χ0n) is 18.7. The van der Waals surface area contributed by atoms with Gasteiger partial charge < -0.3 is 14.5 Å². The summed E-state index contributed by atoms with van der Waals surface area (Å²) in [6, 6.07) is 18.8. The molecular weight excluding hydrogens is 428 g/mol. The fourth-order valence-corrected chi connectivity index (χ4v) is 3.38. The quantitative estimate of drug-likeness (QED) is 0.257. The topological polar surface area (TPSA) is 81.3 Å². The molecule has 170 valence electrons. The fourth-order valence-electron chi connectivity index (χ4n) is 3.38. The number of H-pyrrole nitrogens is 1. The average molecular weight is 453 g/mol. The van der Waals surface area contributed by atoms with Crippen LogP contribution in [0.3, 0.4) is 0 Å². The smallest absolute Gasteiger partial charge is 0.163 e. The van der Waals surface area contributed by atoms with E-state index < -0.39 is 0 Å². The van der Waals surface area contributed by atoms with Crippen molar-refractivity contribution < 1.29 is 19.1 Å². The van der Waals surface area contributed by atoms with Gasteiger partial charge in [-0.15, -0.1) is 0 Å². The second-order valence-corrected chi connectivity index (χ2v) is 7.62. The summed E-state index contributed by atoms with van der Waals surface area (Å²) >= 11 is 0. The van der Waals surface area contributed by atoms with E-state index in [9.17, 15) is 9.59 Å². The fraction of sp³-hybridized carbons (Fsp3) is 0.107. The molecule has 6 nitrogen and oxygen atoms in total. The van der Waals surface area contributed by atoms with Crippen LogP contribution in [0.15, 0.2) is 85.2 Å². The van der Waals surface area contributed by atoms with E-state index in [1.54, 1.807) is 37.6 Å². The number of aromatic nitrogens is 2. The molecule has 1 N–H and O–H groups in total. The SMILES string of the molecule is COc1ccc(C=CC(=O)CC(=O)C=Cc2ccc3cc[nH]c3c2)cc1OCc1ccccn1. The molecule has 0 radical (unpaired) electrons. The normalized spacial score (nSPS) is 11.3. The summed E-state index contributed by atoms with van der Waals surface area (Å²) in [5.41, 5.74) is 3.44. The van der Waals surface area contributed by atoms with Gasteiger partial charge in [0, 0.05) is 17.9 Å². The Bertz CT molecular complexity index is 1350. The number of hydrogen-bond acceptors (Lipinski definition) is 5. The first-order valence-corrected chi connectivity index (χ1v) is 10.8. The number of allylic oxidation sites excluding steroid dienone is 2. The van der Waals surface area contributed by atoms with E-state index in [1.165, 1.54) is 12.2 Å². The van der Waals surface area contributed by atoms with Crippen LogP contribution in [-0.2, 0) is 16.2 Å². The summed E-state index contributed by atoms with van der Waals surface area (Å²) in [5, 5.41) is 1.10. The van der Waals surface area contributed by atoms with Crippen LogP contribution in [0.2, 0.25) is 0 Å². The van der Waals surface area contributed by atoms with Gasteiger partial charge in [-0.1, -0.05) is 36.4 Å². The molecule has 4 rings (SSSR count). The van der Waals surface area contributed by atoms with Crippen LogP contribution in [0.4, 0.5) is 0 Å². The summed E-state index contributed by atoms with van der Waals surface area (Å²) in [5.74, 6) is 0.592. The first kappa shape index (κ1) is 22.7. The molecule has 0 fully saturated rings. The van der Waals surface area contributed by atoms with Crippen LogP contribution in [0.5, 0.6) is 11.5 Å². The van der Waals surface area contributed by atoms with Gasteiger partial charge in [-0.05, 0) is 65.1 Å². The number of pyridine rings is 1. The largest absolute Gasteiger partial charge is 0.493 e. The summed E-state index contributed by atoms with van der Waals surface area (Å²) in [6.07, 6.45) is 9.59. The Morgan fingerprint density at radius 2 is 1.68 bits per heavy atom. The minimum atomic E-state index is -0.277. The highest BCUT2D eigenvalue weighted by Gasteiger charge is 2.07. The third kappa shape index (κ3) is 6.07. The van der Waals surface area contributed by atoms with Gasteiger partial charge in [0.15, 0.2) is 23.1 Å². The van der Waals surface area contributed by atoms with Crippen molar-refractivity contribution in [3.63, 3.8) is 0 Å². The van der Waals surface area contributed by atoms with Crippen LogP contribution < -0.4 is 9.47 Å². The number of hydrogen-bond donors (Lipinski definition) is 1. The Balaban J connectivity index is 1.35. The van der Waals surface area contributed by atoms with Gasteiger partial charge >= 0.3 is 0 Å². The lowest BCUT2D eigenvalue weighted by Gasteiger charge is -2.11. The third-order valence-corrected chi connectivity index (χ3v) is 5.14. The Hall–Kier alpha value is -4.45. The Morgan fingerprint density at radius 3 is 2.41 bits per heavy atom. The number of methoxy groups -OCH3 is 1. The van der Waals surface area contributed by atoms with E-state index in [2.05, 4.69) is 9.97 Å². The number of nitrogens with zero attached hydrogens (tertiary/aromatic N) is 1. The number of rotatable bonds is 10. The number of ether oxygens (including phenoxy) is 2. The third-order valence-electron chi connectivity index (χ3n) is 5.14. The van der Waals surface area contributed by atoms with Gasteiger partial charge in [-0.25, -0.2) is 0 Å². The van der Waals surface area contributed by atoms with Crippen molar-refractivity contribution in [2.45, 2.75) is 13.0 Å². The number of fused-ring (bicyclic) bond motifs is 1. The molecule has 0 bridgehead atoms. The lowest BCUT2D eigenvalue weighted by Crippen LogP contribution is -2.02. The molecule has 0 atom stereocenters. The second-order valence-electron chi connectivity index (χ2n) is 7.62. The molecule has 0 amide bonds. The van der Waals surface area contributed by atoms with Crippen molar-refractivity contribution in [2.24, 2.45) is 0 Å². The van der Waals surface area contributed by atoms with E-state index in [4.69, 9.17) is 9.47 Å². The number of aromatic amines is 1. The Morgan fingerprint density at radius 1 is 0.912 bits per heavy atom. The van der Waals surface area contributed by atoms with Crippen molar-refractivity contribution in [1.82, 2.24) is 9.97 Å². The van der Waals surface area contributed by atoms with Crippen LogP contribution in [0.1, 0.15) is 23.2 Å². The zero-order chi connectivity index (χ0) is 23.8. The van der Waals surface area contributed by atoms with Crippen molar-refractivity contribution in [1.29, 1.82) is 0 Å². The molecule has 34 heavy (non-hydrogen) atoms. The van der Waals surface area contributed by atoms with Crippen molar-refractivity contribution >= 4 is 34.6 Å². The van der Waals surface area contributed by atoms with Gasteiger partial charge in [0.1, 0.15) is 6.61 Å². The van der Waals surface area contributed by atoms with Gasteiger partial charge in [-0.3, -0.25) is 14.6 Å². The minimum Gasteiger partial charge on any atom is -0.493 e. The number of benzene rings is 2. The highest BCUT2D eigenvalue weighted by molar-refractivity contribution is 6.11. The van der Waals surface area contributed by atoms with E-state index in [1.807, 2.05) is 54.7 Å². The molecular formula is C28H24N2O4. The molecule has 2 heterocycles. The molecule has 0 saturated carbocycles. The highest BCUT2D eigenvalue weighted by atomic mass is 16.5. The van der Waals surface area contributed by atoms with E-state index in [0.29, 0.717) is 18.1 Å². The number of carbonyl (C=O) groups is 2. The second kappa shape index (κ2) is 10.9. The van der Waals surface area contributed by atoms with Gasteiger partial charge in [0.05, 0.1) is 19.2 Å². The van der Waals surface area contributed by atoms with E-state index >= 15 is 0 Å². The summed E-state index contributed by atoms with van der Waals surface area (Å²) in [4.78, 5) is 31.9. The summed E-state index contributed by atoms with van der Waals surface area (Å²) in [6.45, 7) is 0.293. The molecule has 0 saturated heterocycles. The molecule has 0 aliphatic rings. The van der Waals surface area contributed by atoms with Crippen molar-refractivity contribution in [3.8, 4) is 11.5 Å². The molecule has 0 spiro atoms. The van der Waals surface area contributed by atoms with Crippen molar-refractivity contribution in [3.05, 3.63) is 102 Å². The first-order chi connectivity index (χ1) is 16.6. The number of ketones is 2. The lowest BCUT2D eigenvalue weighted by atomic mass is 10.1. The lowest BCUT2D eigenvalue weighted by molar-refractivity contribution is -0.121. The van der Waals surface area contributed by atoms with E-state index in [-0.39, 0.29) is 18.0 Å². The maximum Gasteiger partial charge on any atom is 0.163 e. The highest BCUT2D eigenvalue weighted by Crippen LogP contribution is 2.29. The van der Waals surface area contributed by atoms with Crippen molar-refractivity contribution in [2.75, 3.05) is 7.11 Å². The monoisotopic (exact) mass is 452 g/mol. The predicted octanol–water partition coefficient (Wildman–Crippen LogP) is 5.41. The van der Waals surface area contributed by atoms with Crippen LogP contribution in [0.25, 0.3) is 23.1 Å². The standard InChI is InChI=1S/C28H24N2O4/c1-33-27-12-8-21(17-28(27)34-19-23-4-2-3-14-29-23)7-11-25(32)18-24(31)10-6-20-5-9-22-13-15-30-26(22)16-20/h2-17,30H,18-19H2,1H3. The molecule has 0 aliphatic heterocycles. The van der Waals surface area contributed by atoms with Gasteiger partial charge in [-0.2, -0.15) is 0 Å². The number of nitrogens with one attached hydrogen (secondary N) is 1.